The second kappa shape index (κ2) is 10.2. The number of aryl methyl sites for hydroxylation is 4. The predicted octanol–water partition coefficient (Wildman–Crippen LogP) is 5.19. The van der Waals surface area contributed by atoms with Gasteiger partial charge in [-0.05, 0) is 68.4 Å². The van der Waals surface area contributed by atoms with Crippen molar-refractivity contribution in [2.75, 3.05) is 5.75 Å². The van der Waals surface area contributed by atoms with Crippen LogP contribution in [0.25, 0.3) is 15.9 Å². The maximum atomic E-state index is 13.8. The van der Waals surface area contributed by atoms with E-state index >= 15 is 0 Å². The Balaban J connectivity index is 1.44. The Kier molecular flexibility index (Phi) is 6.83. The molecule has 0 fully saturated rings. The van der Waals surface area contributed by atoms with Crippen LogP contribution in [0.15, 0.2) is 63.6 Å². The molecular formula is C27H26N4O2S2. The van der Waals surface area contributed by atoms with Crippen molar-refractivity contribution in [1.82, 2.24) is 15.0 Å². The van der Waals surface area contributed by atoms with Crippen LogP contribution in [0.2, 0.25) is 0 Å². The second-order valence-corrected chi connectivity index (χ2v) is 10.7. The zero-order valence-corrected chi connectivity index (χ0v) is 21.3. The number of thioether (sulfide) groups is 1. The number of benzene rings is 2. The lowest BCUT2D eigenvalue weighted by molar-refractivity contribution is -0.118. The number of rotatable bonds is 6. The summed E-state index contributed by atoms with van der Waals surface area (Å²) in [6.07, 6.45) is 5.82. The van der Waals surface area contributed by atoms with Gasteiger partial charge in [-0.2, -0.15) is 5.10 Å². The number of nitrogens with one attached hydrogen (secondary N) is 1. The Morgan fingerprint density at radius 3 is 2.71 bits per heavy atom. The van der Waals surface area contributed by atoms with Crippen molar-refractivity contribution in [1.29, 1.82) is 0 Å². The molecule has 0 saturated carbocycles. The largest absolute Gasteiger partial charge is 0.272 e. The topological polar surface area (TPSA) is 76.3 Å². The first kappa shape index (κ1) is 23.5. The molecule has 8 heteroatoms. The standard InChI is InChI=1S/C27H26N4O2S2/c1-17-11-13-20(14-12-17)31-26(33)24-21-9-5-6-10-22(21)35-25(24)29-27(31)34-16-23(32)30-28-15-19-8-4-3-7-18(19)2/h3-4,7-8,11-15H,5-6,9-10,16H2,1-2H3,(H,30,32)/b28-15-. The highest BCUT2D eigenvalue weighted by Gasteiger charge is 2.23. The van der Waals surface area contributed by atoms with E-state index in [2.05, 4.69) is 10.5 Å². The lowest BCUT2D eigenvalue weighted by Gasteiger charge is -2.13. The van der Waals surface area contributed by atoms with Crippen LogP contribution < -0.4 is 11.0 Å². The molecule has 2 aromatic heterocycles. The van der Waals surface area contributed by atoms with Crippen LogP contribution in [0.3, 0.4) is 0 Å². The number of hydrazone groups is 1. The van der Waals surface area contributed by atoms with E-state index in [1.54, 1.807) is 22.1 Å². The number of carbonyl (C=O) groups is 1. The summed E-state index contributed by atoms with van der Waals surface area (Å²) in [5.74, 6) is -0.157. The SMILES string of the molecule is Cc1ccc(-n2c(SCC(=O)N/N=C\c3ccccc3C)nc3sc4c(c3c2=O)CCCC4)cc1. The van der Waals surface area contributed by atoms with Gasteiger partial charge in [0.05, 0.1) is 23.0 Å². The van der Waals surface area contributed by atoms with Gasteiger partial charge in [0.2, 0.25) is 0 Å². The molecule has 0 radical (unpaired) electrons. The maximum absolute atomic E-state index is 13.8. The molecule has 0 saturated heterocycles. The van der Waals surface area contributed by atoms with Crippen LogP contribution in [0, 0.1) is 13.8 Å². The van der Waals surface area contributed by atoms with Gasteiger partial charge in [0.1, 0.15) is 4.83 Å². The highest BCUT2D eigenvalue weighted by Crippen LogP contribution is 2.35. The minimum Gasteiger partial charge on any atom is -0.272 e. The molecule has 0 atom stereocenters. The summed E-state index contributed by atoms with van der Waals surface area (Å²) in [5.41, 5.74) is 7.59. The first-order chi connectivity index (χ1) is 17.0. The average molecular weight is 503 g/mol. The van der Waals surface area contributed by atoms with Crippen LogP contribution in [0.4, 0.5) is 0 Å². The smallest absolute Gasteiger partial charge is 0.267 e. The Morgan fingerprint density at radius 2 is 1.91 bits per heavy atom. The molecule has 0 spiro atoms. The summed E-state index contributed by atoms with van der Waals surface area (Å²) >= 11 is 2.87. The van der Waals surface area contributed by atoms with E-state index in [0.29, 0.717) is 5.16 Å². The summed E-state index contributed by atoms with van der Waals surface area (Å²) in [4.78, 5) is 33.2. The van der Waals surface area contributed by atoms with Gasteiger partial charge in [-0.3, -0.25) is 14.2 Å². The molecule has 1 aliphatic carbocycles. The lowest BCUT2D eigenvalue weighted by Crippen LogP contribution is -2.24. The van der Waals surface area contributed by atoms with Crippen molar-refractivity contribution < 1.29 is 4.79 Å². The van der Waals surface area contributed by atoms with Crippen molar-refractivity contribution in [2.24, 2.45) is 5.10 Å². The van der Waals surface area contributed by atoms with Crippen LogP contribution in [-0.4, -0.2) is 27.4 Å². The number of fused-ring (bicyclic) bond motifs is 3. The number of thiophene rings is 1. The third kappa shape index (κ3) is 4.94. The van der Waals surface area contributed by atoms with Crippen molar-refractivity contribution in [2.45, 2.75) is 44.7 Å². The van der Waals surface area contributed by atoms with Gasteiger partial charge in [0.25, 0.3) is 11.5 Å². The van der Waals surface area contributed by atoms with Gasteiger partial charge < -0.3 is 0 Å². The molecule has 4 aromatic rings. The quantitative estimate of drug-likeness (QED) is 0.170. The maximum Gasteiger partial charge on any atom is 0.267 e. The molecule has 5 rings (SSSR count). The Hall–Kier alpha value is -3.23. The molecular weight excluding hydrogens is 476 g/mol. The molecule has 35 heavy (non-hydrogen) atoms. The minimum absolute atomic E-state index is 0.0567. The Morgan fingerprint density at radius 1 is 1.14 bits per heavy atom. The normalized spacial score (nSPS) is 13.3. The van der Waals surface area contributed by atoms with Crippen LogP contribution in [-0.2, 0) is 17.6 Å². The van der Waals surface area contributed by atoms with Gasteiger partial charge in [0, 0.05) is 4.88 Å². The molecule has 6 nitrogen and oxygen atoms in total. The van der Waals surface area contributed by atoms with Crippen molar-refractivity contribution >= 4 is 45.4 Å². The minimum atomic E-state index is -0.255. The second-order valence-electron chi connectivity index (χ2n) is 8.70. The van der Waals surface area contributed by atoms with Crippen molar-refractivity contribution in [3.8, 4) is 5.69 Å². The Labute approximate surface area is 212 Å². The van der Waals surface area contributed by atoms with E-state index in [9.17, 15) is 9.59 Å². The molecule has 178 valence electrons. The fourth-order valence-electron chi connectivity index (χ4n) is 4.27. The summed E-state index contributed by atoms with van der Waals surface area (Å²) in [6.45, 7) is 4.01. The molecule has 2 aromatic carbocycles. The zero-order valence-electron chi connectivity index (χ0n) is 19.7. The highest BCUT2D eigenvalue weighted by molar-refractivity contribution is 7.99. The summed E-state index contributed by atoms with van der Waals surface area (Å²) in [7, 11) is 0. The molecule has 1 amide bonds. The number of aromatic nitrogens is 2. The van der Waals surface area contributed by atoms with Crippen molar-refractivity contribution in [3.05, 3.63) is 86.0 Å². The van der Waals surface area contributed by atoms with E-state index in [1.807, 2.05) is 62.4 Å². The monoisotopic (exact) mass is 502 g/mol. The van der Waals surface area contributed by atoms with E-state index < -0.39 is 0 Å². The van der Waals surface area contributed by atoms with Crippen LogP contribution in [0.1, 0.15) is 40.0 Å². The zero-order chi connectivity index (χ0) is 24.4. The third-order valence-corrected chi connectivity index (χ3v) is 8.29. The molecule has 2 heterocycles. The Bertz CT molecular complexity index is 1490. The summed E-state index contributed by atoms with van der Waals surface area (Å²) in [5, 5.41) is 5.35. The molecule has 0 unspecified atom stereocenters. The van der Waals surface area contributed by atoms with E-state index in [4.69, 9.17) is 4.98 Å². The van der Waals surface area contributed by atoms with Gasteiger partial charge in [0.15, 0.2) is 5.16 Å². The first-order valence-electron chi connectivity index (χ1n) is 11.7. The molecule has 1 aliphatic rings. The number of hydrogen-bond donors (Lipinski definition) is 1. The number of hydrogen-bond acceptors (Lipinski definition) is 6. The number of amides is 1. The first-order valence-corrected chi connectivity index (χ1v) is 13.5. The van der Waals surface area contributed by atoms with Gasteiger partial charge in [-0.25, -0.2) is 10.4 Å². The molecule has 1 N–H and O–H groups in total. The third-order valence-electron chi connectivity index (χ3n) is 6.16. The number of nitrogens with zero attached hydrogens (tertiary/aromatic N) is 3. The van der Waals surface area contributed by atoms with Gasteiger partial charge >= 0.3 is 0 Å². The molecule has 0 aliphatic heterocycles. The van der Waals surface area contributed by atoms with Gasteiger partial charge in [-0.15, -0.1) is 11.3 Å². The van der Waals surface area contributed by atoms with Crippen LogP contribution in [0.5, 0.6) is 0 Å². The summed E-state index contributed by atoms with van der Waals surface area (Å²) < 4.78 is 1.65. The van der Waals surface area contributed by atoms with E-state index in [-0.39, 0.29) is 17.2 Å². The fraction of sp³-hybridized carbons (Fsp3) is 0.259. The summed E-state index contributed by atoms with van der Waals surface area (Å²) in [6, 6.07) is 15.7. The number of carbonyl (C=O) groups excluding carboxylic acids is 1. The van der Waals surface area contributed by atoms with E-state index in [0.717, 1.165) is 63.8 Å². The van der Waals surface area contributed by atoms with Crippen molar-refractivity contribution in [3.63, 3.8) is 0 Å². The fourth-order valence-corrected chi connectivity index (χ4v) is 6.38. The average Bonchev–Trinajstić information content (AvgIpc) is 3.23. The van der Waals surface area contributed by atoms with Crippen LogP contribution >= 0.6 is 23.1 Å². The highest BCUT2D eigenvalue weighted by atomic mass is 32.2. The lowest BCUT2D eigenvalue weighted by atomic mass is 9.97. The predicted molar refractivity (Wildman–Crippen MR) is 144 cm³/mol. The van der Waals surface area contributed by atoms with E-state index in [1.165, 1.54) is 16.6 Å². The van der Waals surface area contributed by atoms with Gasteiger partial charge in [-0.1, -0.05) is 53.7 Å². The molecule has 0 bridgehead atoms.